The van der Waals surface area contributed by atoms with Gasteiger partial charge >= 0.3 is 0 Å². The molecule has 0 unspecified atom stereocenters. The van der Waals surface area contributed by atoms with Crippen molar-refractivity contribution in [1.82, 2.24) is 9.78 Å². The number of nitrogens with one attached hydrogen (secondary N) is 1. The number of hydrogen-bond acceptors (Lipinski definition) is 5. The van der Waals surface area contributed by atoms with Crippen LogP contribution in [-0.2, 0) is 4.79 Å². The molecule has 33 heavy (non-hydrogen) atoms. The summed E-state index contributed by atoms with van der Waals surface area (Å²) in [6.45, 7) is 8.52. The zero-order valence-electron chi connectivity index (χ0n) is 19.7. The van der Waals surface area contributed by atoms with Crippen molar-refractivity contribution in [3.63, 3.8) is 0 Å². The quantitative estimate of drug-likeness (QED) is 0.521. The van der Waals surface area contributed by atoms with E-state index < -0.39 is 5.92 Å². The molecule has 0 radical (unpaired) electrons. The van der Waals surface area contributed by atoms with Gasteiger partial charge in [-0.1, -0.05) is 19.1 Å². The summed E-state index contributed by atoms with van der Waals surface area (Å²) in [6, 6.07) is 11.1. The van der Waals surface area contributed by atoms with E-state index in [1.54, 1.807) is 30.0 Å². The highest BCUT2D eigenvalue weighted by molar-refractivity contribution is 6.08. The Morgan fingerprint density at radius 3 is 2.70 bits per heavy atom. The number of nitrogens with zero attached hydrogens (tertiary/aromatic N) is 2. The molecule has 1 amide bonds. The molecule has 0 spiro atoms. The monoisotopic (exact) mass is 447 g/mol. The van der Waals surface area contributed by atoms with E-state index in [0.29, 0.717) is 29.5 Å². The van der Waals surface area contributed by atoms with Crippen molar-refractivity contribution >= 4 is 17.5 Å². The molecule has 1 aromatic heterocycles. The Labute approximate surface area is 193 Å². The fourth-order valence-electron chi connectivity index (χ4n) is 4.26. The van der Waals surface area contributed by atoms with Gasteiger partial charge in [-0.25, -0.2) is 4.68 Å². The first kappa shape index (κ1) is 22.6. The van der Waals surface area contributed by atoms with Crippen LogP contribution in [0.25, 0.3) is 5.69 Å². The average Bonchev–Trinajstić information content (AvgIpc) is 3.14. The highest BCUT2D eigenvalue weighted by Crippen LogP contribution is 2.40. The third-order valence-electron chi connectivity index (χ3n) is 6.13. The molecule has 7 heteroatoms. The van der Waals surface area contributed by atoms with Crippen LogP contribution < -0.4 is 14.8 Å². The van der Waals surface area contributed by atoms with Gasteiger partial charge < -0.3 is 14.8 Å². The molecule has 0 fully saturated rings. The zero-order chi connectivity index (χ0) is 23.7. The third-order valence-corrected chi connectivity index (χ3v) is 6.13. The smallest absolute Gasteiger partial charge is 0.226 e. The summed E-state index contributed by atoms with van der Waals surface area (Å²) in [5.74, 6) is 0.678. The van der Waals surface area contributed by atoms with E-state index in [0.717, 1.165) is 34.5 Å². The number of carbonyl (C=O) groups is 2. The zero-order valence-corrected chi connectivity index (χ0v) is 19.7. The molecule has 1 aliphatic rings. The number of amides is 1. The largest absolute Gasteiger partial charge is 0.493 e. The van der Waals surface area contributed by atoms with Crippen LogP contribution in [0.3, 0.4) is 0 Å². The van der Waals surface area contributed by atoms with Crippen molar-refractivity contribution in [3.8, 4) is 17.2 Å². The molecular formula is C26H29N3O4. The molecule has 2 aromatic carbocycles. The number of methoxy groups -OCH3 is 1. The van der Waals surface area contributed by atoms with E-state index in [1.165, 1.54) is 0 Å². The first-order valence-corrected chi connectivity index (χ1v) is 11.2. The number of ether oxygens (including phenoxy) is 2. The van der Waals surface area contributed by atoms with Gasteiger partial charge in [-0.15, -0.1) is 0 Å². The Bertz CT molecular complexity index is 1230. The highest BCUT2D eigenvalue weighted by atomic mass is 16.5. The fourth-order valence-corrected chi connectivity index (χ4v) is 4.26. The van der Waals surface area contributed by atoms with E-state index in [4.69, 9.17) is 14.6 Å². The second kappa shape index (κ2) is 9.10. The van der Waals surface area contributed by atoms with Gasteiger partial charge in [0.25, 0.3) is 0 Å². The molecular weight excluding hydrogens is 418 g/mol. The van der Waals surface area contributed by atoms with Gasteiger partial charge in [0.15, 0.2) is 17.3 Å². The van der Waals surface area contributed by atoms with Crippen molar-refractivity contribution in [1.29, 1.82) is 0 Å². The molecule has 1 N–H and O–H groups in total. The standard InChI is InChI=1S/C26H29N3O4/c1-6-12-33-21-11-10-18(13-22(21)32-5)25(31)19-14-23(30)27-26-24(19)17(4)28-29(26)20-9-7-8-15(2)16(20)3/h7-11,13,19H,6,12,14H2,1-5H3,(H,27,30)/t19-/m0/s1. The van der Waals surface area contributed by atoms with E-state index in [-0.39, 0.29) is 18.1 Å². The summed E-state index contributed by atoms with van der Waals surface area (Å²) >= 11 is 0. The van der Waals surface area contributed by atoms with Gasteiger partial charge in [-0.3, -0.25) is 9.59 Å². The van der Waals surface area contributed by atoms with Gasteiger partial charge in [0.1, 0.15) is 5.82 Å². The van der Waals surface area contributed by atoms with Gasteiger partial charge in [-0.05, 0) is 62.6 Å². The minimum absolute atomic E-state index is 0.0710. The summed E-state index contributed by atoms with van der Waals surface area (Å²) < 4.78 is 12.9. The Kier molecular flexibility index (Phi) is 6.22. The lowest BCUT2D eigenvalue weighted by atomic mass is 9.85. The Hall–Kier alpha value is -3.61. The van der Waals surface area contributed by atoms with Gasteiger partial charge in [-0.2, -0.15) is 5.10 Å². The lowest BCUT2D eigenvalue weighted by Gasteiger charge is -2.24. The highest BCUT2D eigenvalue weighted by Gasteiger charge is 2.36. The summed E-state index contributed by atoms with van der Waals surface area (Å²) in [7, 11) is 1.55. The van der Waals surface area contributed by atoms with Crippen molar-refractivity contribution in [2.75, 3.05) is 19.0 Å². The van der Waals surface area contributed by atoms with Crippen molar-refractivity contribution in [3.05, 3.63) is 64.3 Å². The van der Waals surface area contributed by atoms with Crippen LogP contribution in [0.5, 0.6) is 11.5 Å². The first-order chi connectivity index (χ1) is 15.8. The fraction of sp³-hybridized carbons (Fsp3) is 0.346. The van der Waals surface area contributed by atoms with Crippen molar-refractivity contribution in [2.24, 2.45) is 0 Å². The predicted octanol–water partition coefficient (Wildman–Crippen LogP) is 4.90. The Morgan fingerprint density at radius 1 is 1.18 bits per heavy atom. The first-order valence-electron chi connectivity index (χ1n) is 11.2. The maximum Gasteiger partial charge on any atom is 0.226 e. The van der Waals surface area contributed by atoms with Crippen LogP contribution >= 0.6 is 0 Å². The van der Waals surface area contributed by atoms with E-state index >= 15 is 0 Å². The molecule has 1 aliphatic heterocycles. The molecule has 0 saturated carbocycles. The van der Waals surface area contributed by atoms with Crippen LogP contribution in [0.2, 0.25) is 0 Å². The number of rotatable bonds is 7. The number of aromatic nitrogens is 2. The number of ketones is 1. The minimum Gasteiger partial charge on any atom is -0.493 e. The summed E-state index contributed by atoms with van der Waals surface area (Å²) in [4.78, 5) is 26.3. The molecule has 3 aromatic rings. The molecule has 0 saturated heterocycles. The summed E-state index contributed by atoms with van der Waals surface area (Å²) in [5, 5.41) is 7.66. The van der Waals surface area contributed by atoms with Crippen LogP contribution in [0.4, 0.5) is 5.82 Å². The van der Waals surface area contributed by atoms with Crippen molar-refractivity contribution in [2.45, 2.75) is 46.5 Å². The number of benzene rings is 2. The molecule has 4 rings (SSSR count). The number of hydrogen-bond donors (Lipinski definition) is 1. The van der Waals surface area contributed by atoms with Gasteiger partial charge in [0.2, 0.25) is 5.91 Å². The van der Waals surface area contributed by atoms with Crippen LogP contribution in [0.1, 0.15) is 58.4 Å². The van der Waals surface area contributed by atoms with Gasteiger partial charge in [0, 0.05) is 17.5 Å². The van der Waals surface area contributed by atoms with E-state index in [1.807, 2.05) is 45.9 Å². The van der Waals surface area contributed by atoms with E-state index in [9.17, 15) is 9.59 Å². The lowest BCUT2D eigenvalue weighted by molar-refractivity contribution is -0.116. The molecule has 1 atom stereocenters. The second-order valence-electron chi connectivity index (χ2n) is 8.36. The van der Waals surface area contributed by atoms with Gasteiger partial charge in [0.05, 0.1) is 31.0 Å². The molecule has 0 aliphatic carbocycles. The number of Topliss-reactive ketones (excluding diaryl/α,β-unsaturated/α-hetero) is 1. The molecule has 2 heterocycles. The van der Waals surface area contributed by atoms with E-state index in [2.05, 4.69) is 5.32 Å². The third kappa shape index (κ3) is 4.11. The normalized spacial score (nSPS) is 15.1. The topological polar surface area (TPSA) is 82.5 Å². The number of aryl methyl sites for hydroxylation is 2. The number of anilines is 1. The maximum absolute atomic E-state index is 13.6. The van der Waals surface area contributed by atoms with Crippen LogP contribution in [0.15, 0.2) is 36.4 Å². The van der Waals surface area contributed by atoms with Crippen LogP contribution in [-0.4, -0.2) is 35.2 Å². The second-order valence-corrected chi connectivity index (χ2v) is 8.36. The molecule has 172 valence electrons. The Balaban J connectivity index is 1.76. The summed E-state index contributed by atoms with van der Waals surface area (Å²) in [5.41, 5.74) is 5.02. The number of carbonyl (C=O) groups excluding carboxylic acids is 2. The SMILES string of the molecule is CCCOc1ccc(C(=O)[C@H]2CC(=O)Nc3c2c(C)nn3-c2cccc(C)c2C)cc1OC. The predicted molar refractivity (Wildman–Crippen MR) is 127 cm³/mol. The Morgan fingerprint density at radius 2 is 1.97 bits per heavy atom. The summed E-state index contributed by atoms with van der Waals surface area (Å²) in [6.07, 6.45) is 0.940. The molecule has 7 nitrogen and oxygen atoms in total. The minimum atomic E-state index is -0.625. The van der Waals surface area contributed by atoms with Crippen LogP contribution in [0, 0.1) is 20.8 Å². The molecule has 0 bridgehead atoms. The number of fused-ring (bicyclic) bond motifs is 1. The average molecular weight is 448 g/mol. The maximum atomic E-state index is 13.6. The lowest BCUT2D eigenvalue weighted by Crippen LogP contribution is -2.28. The van der Waals surface area contributed by atoms with Crippen molar-refractivity contribution < 1.29 is 19.1 Å².